The average molecular weight is 398 g/mol. The number of alkyl carbamates (subject to hydrolysis) is 1. The van der Waals surface area contributed by atoms with Crippen LogP contribution in [-0.2, 0) is 19.8 Å². The molecule has 1 amide bonds. The lowest BCUT2D eigenvalue weighted by Crippen LogP contribution is -2.53. The van der Waals surface area contributed by atoms with Crippen molar-refractivity contribution in [3.63, 3.8) is 0 Å². The highest BCUT2D eigenvalue weighted by molar-refractivity contribution is 5.87. The van der Waals surface area contributed by atoms with Crippen molar-refractivity contribution in [2.75, 3.05) is 0 Å². The van der Waals surface area contributed by atoms with Gasteiger partial charge in [-0.1, -0.05) is 54.6 Å². The number of nitrogens with one attached hydrogen (secondary N) is 1. The van der Waals surface area contributed by atoms with Gasteiger partial charge in [-0.25, -0.2) is 9.59 Å². The Labute approximate surface area is 173 Å². The van der Waals surface area contributed by atoms with Crippen LogP contribution in [0.25, 0.3) is 11.1 Å². The van der Waals surface area contributed by atoms with Gasteiger partial charge in [0.1, 0.15) is 11.2 Å². The highest BCUT2D eigenvalue weighted by atomic mass is 16.6. The quantitative estimate of drug-likeness (QED) is 0.698. The Hall–Kier alpha value is -2.82. The standard InChI is InChI=1S/C24H31NO4/c1-22(2,3)28-20(26)24(7,25-21(27)29-23(4,5)6)19-15-13-18(14-16-19)17-11-9-8-10-12-17/h8-16H,1-7H3,(H,25,27). The summed E-state index contributed by atoms with van der Waals surface area (Å²) in [6.07, 6.45) is -0.682. The van der Waals surface area contributed by atoms with Crippen molar-refractivity contribution < 1.29 is 19.1 Å². The van der Waals surface area contributed by atoms with Gasteiger partial charge in [0.15, 0.2) is 5.54 Å². The summed E-state index contributed by atoms with van der Waals surface area (Å²) in [5.74, 6) is -0.552. The highest BCUT2D eigenvalue weighted by Crippen LogP contribution is 2.28. The summed E-state index contributed by atoms with van der Waals surface area (Å²) in [7, 11) is 0. The van der Waals surface area contributed by atoms with Crippen molar-refractivity contribution >= 4 is 12.1 Å². The predicted molar refractivity (Wildman–Crippen MR) is 114 cm³/mol. The molecule has 0 heterocycles. The molecule has 2 aromatic rings. The number of amides is 1. The van der Waals surface area contributed by atoms with E-state index in [9.17, 15) is 9.59 Å². The van der Waals surface area contributed by atoms with Gasteiger partial charge in [-0.05, 0) is 65.2 Å². The van der Waals surface area contributed by atoms with Crippen LogP contribution in [0, 0.1) is 0 Å². The van der Waals surface area contributed by atoms with Crippen molar-refractivity contribution in [3.8, 4) is 11.1 Å². The summed E-state index contributed by atoms with van der Waals surface area (Å²) >= 11 is 0. The van der Waals surface area contributed by atoms with Crippen LogP contribution in [0.3, 0.4) is 0 Å². The monoisotopic (exact) mass is 397 g/mol. The third kappa shape index (κ3) is 6.34. The van der Waals surface area contributed by atoms with Gasteiger partial charge in [0.25, 0.3) is 0 Å². The number of rotatable bonds is 4. The summed E-state index contributed by atoms with van der Waals surface area (Å²) in [6, 6.07) is 17.4. The highest BCUT2D eigenvalue weighted by Gasteiger charge is 2.41. The first-order valence-corrected chi connectivity index (χ1v) is 9.71. The summed E-state index contributed by atoms with van der Waals surface area (Å²) in [6.45, 7) is 12.3. The first kappa shape index (κ1) is 22.5. The molecule has 1 atom stereocenters. The molecule has 2 rings (SSSR count). The maximum atomic E-state index is 13.0. The van der Waals surface area contributed by atoms with Crippen LogP contribution in [0.15, 0.2) is 54.6 Å². The molecule has 0 spiro atoms. The molecule has 0 fully saturated rings. The summed E-state index contributed by atoms with van der Waals surface area (Å²) < 4.78 is 11.0. The van der Waals surface area contributed by atoms with Gasteiger partial charge in [-0.15, -0.1) is 0 Å². The number of ether oxygens (including phenoxy) is 2. The van der Waals surface area contributed by atoms with Crippen molar-refractivity contribution in [3.05, 3.63) is 60.2 Å². The number of carbonyl (C=O) groups is 2. The van der Waals surface area contributed by atoms with Gasteiger partial charge in [-0.2, -0.15) is 0 Å². The minimum absolute atomic E-state index is 0.552. The fourth-order valence-corrected chi connectivity index (χ4v) is 2.76. The molecule has 1 N–H and O–H groups in total. The topological polar surface area (TPSA) is 64.6 Å². The molecule has 0 aliphatic carbocycles. The lowest BCUT2D eigenvalue weighted by atomic mass is 9.90. The zero-order valence-corrected chi connectivity index (χ0v) is 18.3. The van der Waals surface area contributed by atoms with Crippen molar-refractivity contribution in [2.45, 2.75) is 65.2 Å². The third-order valence-electron chi connectivity index (χ3n) is 4.13. The zero-order chi connectivity index (χ0) is 21.9. The van der Waals surface area contributed by atoms with E-state index in [1.54, 1.807) is 48.5 Å². The molecule has 0 aliphatic rings. The Morgan fingerprint density at radius 1 is 0.690 bits per heavy atom. The molecule has 0 bridgehead atoms. The molecule has 0 aromatic heterocycles. The zero-order valence-electron chi connectivity index (χ0n) is 18.3. The molecule has 0 saturated carbocycles. The maximum absolute atomic E-state index is 13.0. The second kappa shape index (κ2) is 8.27. The molecule has 0 saturated heterocycles. The van der Waals surface area contributed by atoms with Gasteiger partial charge in [0.05, 0.1) is 0 Å². The lowest BCUT2D eigenvalue weighted by molar-refractivity contribution is -0.163. The fraction of sp³-hybridized carbons (Fsp3) is 0.417. The minimum Gasteiger partial charge on any atom is -0.458 e. The number of hydrogen-bond acceptors (Lipinski definition) is 4. The second-order valence-corrected chi connectivity index (χ2v) is 9.20. The van der Waals surface area contributed by atoms with E-state index in [4.69, 9.17) is 9.47 Å². The molecule has 1 unspecified atom stereocenters. The largest absolute Gasteiger partial charge is 0.458 e. The Morgan fingerprint density at radius 2 is 1.17 bits per heavy atom. The number of carbonyl (C=O) groups excluding carboxylic acids is 2. The predicted octanol–water partition coefficient (Wildman–Crippen LogP) is 5.44. The number of benzene rings is 2. The van der Waals surface area contributed by atoms with Crippen LogP contribution in [-0.4, -0.2) is 23.3 Å². The van der Waals surface area contributed by atoms with Gasteiger partial charge >= 0.3 is 12.1 Å². The van der Waals surface area contributed by atoms with Crippen LogP contribution in [0.1, 0.15) is 54.0 Å². The Kier molecular flexibility index (Phi) is 6.41. The van der Waals surface area contributed by atoms with Crippen LogP contribution in [0.5, 0.6) is 0 Å². The van der Waals surface area contributed by atoms with Crippen LogP contribution >= 0.6 is 0 Å². The molecular formula is C24H31NO4. The molecule has 5 heteroatoms. The van der Waals surface area contributed by atoms with E-state index in [0.717, 1.165) is 11.1 Å². The summed E-state index contributed by atoms with van der Waals surface area (Å²) in [4.78, 5) is 25.5. The Morgan fingerprint density at radius 3 is 1.66 bits per heavy atom. The smallest absolute Gasteiger partial charge is 0.408 e. The van der Waals surface area contributed by atoms with Gasteiger partial charge in [0, 0.05) is 0 Å². The van der Waals surface area contributed by atoms with E-state index < -0.39 is 28.8 Å². The van der Waals surface area contributed by atoms with Crippen LogP contribution < -0.4 is 5.32 Å². The normalized spacial score (nSPS) is 13.9. The van der Waals surface area contributed by atoms with Crippen molar-refractivity contribution in [1.29, 1.82) is 0 Å². The minimum atomic E-state index is -1.40. The summed E-state index contributed by atoms with van der Waals surface area (Å²) in [5, 5.41) is 2.71. The lowest BCUT2D eigenvalue weighted by Gasteiger charge is -2.33. The van der Waals surface area contributed by atoms with Crippen molar-refractivity contribution in [2.24, 2.45) is 0 Å². The first-order chi connectivity index (χ1) is 13.3. The molecule has 29 heavy (non-hydrogen) atoms. The van der Waals surface area contributed by atoms with E-state index in [1.807, 2.05) is 54.6 Å². The number of hydrogen-bond donors (Lipinski definition) is 1. The SMILES string of the molecule is CC(C)(C)OC(=O)NC(C)(C(=O)OC(C)(C)C)c1ccc(-c2ccccc2)cc1. The fourth-order valence-electron chi connectivity index (χ4n) is 2.76. The molecule has 0 aliphatic heterocycles. The molecular weight excluding hydrogens is 366 g/mol. The van der Waals surface area contributed by atoms with Gasteiger partial charge in [0.2, 0.25) is 0 Å². The van der Waals surface area contributed by atoms with E-state index in [1.165, 1.54) is 0 Å². The van der Waals surface area contributed by atoms with Gasteiger partial charge in [-0.3, -0.25) is 0 Å². The van der Waals surface area contributed by atoms with E-state index >= 15 is 0 Å². The second-order valence-electron chi connectivity index (χ2n) is 9.20. The summed E-state index contributed by atoms with van der Waals surface area (Å²) in [5.41, 5.74) is -0.0904. The van der Waals surface area contributed by atoms with Gasteiger partial charge < -0.3 is 14.8 Å². The first-order valence-electron chi connectivity index (χ1n) is 9.71. The van der Waals surface area contributed by atoms with Crippen molar-refractivity contribution in [1.82, 2.24) is 5.32 Å². The Bertz CT molecular complexity index is 845. The maximum Gasteiger partial charge on any atom is 0.408 e. The van der Waals surface area contributed by atoms with E-state index in [2.05, 4.69) is 5.32 Å². The average Bonchev–Trinajstić information content (AvgIpc) is 2.59. The molecule has 0 radical (unpaired) electrons. The molecule has 156 valence electrons. The molecule has 5 nitrogen and oxygen atoms in total. The third-order valence-corrected chi connectivity index (χ3v) is 4.13. The number of esters is 1. The van der Waals surface area contributed by atoms with Crippen LogP contribution in [0.4, 0.5) is 4.79 Å². The van der Waals surface area contributed by atoms with E-state index in [0.29, 0.717) is 5.56 Å². The van der Waals surface area contributed by atoms with Crippen LogP contribution in [0.2, 0.25) is 0 Å². The van der Waals surface area contributed by atoms with E-state index in [-0.39, 0.29) is 0 Å². The Balaban J connectivity index is 2.38. The molecule has 2 aromatic carbocycles.